The van der Waals surface area contributed by atoms with Crippen LogP contribution in [0.5, 0.6) is 0 Å². The minimum absolute atomic E-state index is 0.486. The van der Waals surface area contributed by atoms with Crippen molar-refractivity contribution in [1.29, 1.82) is 0 Å². The third kappa shape index (κ3) is 2.55. The molecule has 0 spiro atoms. The van der Waals surface area contributed by atoms with Crippen molar-refractivity contribution in [1.82, 2.24) is 19.6 Å². The summed E-state index contributed by atoms with van der Waals surface area (Å²) in [6.45, 7) is 6.35. The van der Waals surface area contributed by atoms with Crippen LogP contribution in [0.1, 0.15) is 30.9 Å². The SMILES string of the molecule is CCc1cc(Cn2ccc(CN)n2)n(CC)n1. The Morgan fingerprint density at radius 1 is 1.24 bits per heavy atom. The number of aryl methyl sites for hydroxylation is 2. The van der Waals surface area contributed by atoms with Crippen molar-refractivity contribution in [3.05, 3.63) is 35.4 Å². The summed E-state index contributed by atoms with van der Waals surface area (Å²) in [6.07, 6.45) is 2.92. The Balaban J connectivity index is 2.19. The van der Waals surface area contributed by atoms with Gasteiger partial charge in [-0.25, -0.2) is 0 Å². The molecule has 2 aromatic heterocycles. The van der Waals surface area contributed by atoms with E-state index in [1.165, 1.54) is 5.69 Å². The first-order valence-corrected chi connectivity index (χ1v) is 6.04. The molecule has 17 heavy (non-hydrogen) atoms. The lowest BCUT2D eigenvalue weighted by atomic mass is 10.3. The molecule has 2 aromatic rings. The van der Waals surface area contributed by atoms with E-state index >= 15 is 0 Å². The Bertz CT molecular complexity index is 483. The predicted octanol–water partition coefficient (Wildman–Crippen LogP) is 1.17. The molecule has 0 saturated heterocycles. The van der Waals surface area contributed by atoms with Crippen molar-refractivity contribution in [3.63, 3.8) is 0 Å². The molecule has 0 saturated carbocycles. The van der Waals surface area contributed by atoms with Crippen molar-refractivity contribution < 1.29 is 0 Å². The molecule has 0 aliphatic rings. The molecule has 0 radical (unpaired) electrons. The summed E-state index contributed by atoms with van der Waals surface area (Å²) in [5.41, 5.74) is 8.79. The van der Waals surface area contributed by atoms with Crippen LogP contribution in [0.15, 0.2) is 18.3 Å². The van der Waals surface area contributed by atoms with Crippen molar-refractivity contribution in [2.75, 3.05) is 0 Å². The zero-order valence-electron chi connectivity index (χ0n) is 10.4. The van der Waals surface area contributed by atoms with Crippen LogP contribution >= 0.6 is 0 Å². The molecule has 0 aliphatic carbocycles. The quantitative estimate of drug-likeness (QED) is 0.843. The number of aromatic nitrogens is 4. The molecular formula is C12H19N5. The van der Waals surface area contributed by atoms with Gasteiger partial charge in [0, 0.05) is 19.3 Å². The van der Waals surface area contributed by atoms with E-state index in [1.807, 2.05) is 21.6 Å². The van der Waals surface area contributed by atoms with E-state index in [0.29, 0.717) is 6.54 Å². The largest absolute Gasteiger partial charge is 0.325 e. The van der Waals surface area contributed by atoms with Gasteiger partial charge >= 0.3 is 0 Å². The highest BCUT2D eigenvalue weighted by Crippen LogP contribution is 2.08. The van der Waals surface area contributed by atoms with Crippen LogP contribution < -0.4 is 5.73 Å². The van der Waals surface area contributed by atoms with Crippen LogP contribution in [-0.4, -0.2) is 19.6 Å². The van der Waals surface area contributed by atoms with Gasteiger partial charge in [-0.1, -0.05) is 6.92 Å². The average molecular weight is 233 g/mol. The molecule has 5 heteroatoms. The maximum absolute atomic E-state index is 5.54. The summed E-state index contributed by atoms with van der Waals surface area (Å²) in [5, 5.41) is 8.91. The van der Waals surface area contributed by atoms with E-state index in [4.69, 9.17) is 5.73 Å². The first-order chi connectivity index (χ1) is 8.26. The van der Waals surface area contributed by atoms with E-state index in [9.17, 15) is 0 Å². The Kier molecular flexibility index (Phi) is 3.58. The number of rotatable bonds is 5. The van der Waals surface area contributed by atoms with Crippen LogP contribution in [0.3, 0.4) is 0 Å². The van der Waals surface area contributed by atoms with Gasteiger partial charge in [-0.3, -0.25) is 9.36 Å². The first kappa shape index (κ1) is 11.9. The van der Waals surface area contributed by atoms with Gasteiger partial charge in [-0.2, -0.15) is 10.2 Å². The third-order valence-electron chi connectivity index (χ3n) is 2.80. The Morgan fingerprint density at radius 3 is 2.65 bits per heavy atom. The van der Waals surface area contributed by atoms with Gasteiger partial charge in [0.05, 0.1) is 23.6 Å². The van der Waals surface area contributed by atoms with Gasteiger partial charge in [0.25, 0.3) is 0 Å². The maximum atomic E-state index is 5.54. The van der Waals surface area contributed by atoms with E-state index in [2.05, 4.69) is 30.1 Å². The van der Waals surface area contributed by atoms with Crippen molar-refractivity contribution in [2.24, 2.45) is 5.73 Å². The molecule has 2 N–H and O–H groups in total. The number of nitrogens with two attached hydrogens (primary N) is 1. The summed E-state index contributed by atoms with van der Waals surface area (Å²) in [4.78, 5) is 0. The Labute approximate surface area is 101 Å². The molecule has 0 aliphatic heterocycles. The Hall–Kier alpha value is -1.62. The molecule has 2 rings (SSSR count). The lowest BCUT2D eigenvalue weighted by Crippen LogP contribution is -2.09. The average Bonchev–Trinajstić information content (AvgIpc) is 2.95. The normalized spacial score (nSPS) is 11.0. The summed E-state index contributed by atoms with van der Waals surface area (Å²) in [6, 6.07) is 4.10. The van der Waals surface area contributed by atoms with Gasteiger partial charge in [0.15, 0.2) is 0 Å². The lowest BCUT2D eigenvalue weighted by molar-refractivity contribution is 0.570. The molecule has 2 heterocycles. The van der Waals surface area contributed by atoms with Crippen molar-refractivity contribution >= 4 is 0 Å². The maximum Gasteiger partial charge on any atom is 0.0828 e. The summed E-state index contributed by atoms with van der Waals surface area (Å²) in [7, 11) is 0. The van der Waals surface area contributed by atoms with Gasteiger partial charge in [0.1, 0.15) is 0 Å². The monoisotopic (exact) mass is 233 g/mol. The van der Waals surface area contributed by atoms with Crippen LogP contribution in [0, 0.1) is 0 Å². The van der Waals surface area contributed by atoms with Gasteiger partial charge in [0.2, 0.25) is 0 Å². The molecule has 0 bridgehead atoms. The van der Waals surface area contributed by atoms with Crippen molar-refractivity contribution in [3.8, 4) is 0 Å². The standard InChI is InChI=1S/C12H19N5/c1-3-10-7-12(17(4-2)15-10)9-16-6-5-11(8-13)14-16/h5-7H,3-4,8-9,13H2,1-2H3. The molecule has 5 nitrogen and oxygen atoms in total. The van der Waals surface area contributed by atoms with Crippen LogP contribution in [-0.2, 0) is 26.1 Å². The zero-order chi connectivity index (χ0) is 12.3. The molecule has 0 atom stereocenters. The lowest BCUT2D eigenvalue weighted by Gasteiger charge is -2.04. The van der Waals surface area contributed by atoms with Crippen LogP contribution in [0.4, 0.5) is 0 Å². The van der Waals surface area contributed by atoms with Gasteiger partial charge in [-0.15, -0.1) is 0 Å². The molecular weight excluding hydrogens is 214 g/mol. The van der Waals surface area contributed by atoms with E-state index in [0.717, 1.165) is 30.9 Å². The first-order valence-electron chi connectivity index (χ1n) is 6.04. The topological polar surface area (TPSA) is 61.7 Å². The molecule has 92 valence electrons. The number of hydrogen-bond donors (Lipinski definition) is 1. The second-order valence-corrected chi connectivity index (χ2v) is 4.01. The van der Waals surface area contributed by atoms with E-state index in [1.54, 1.807) is 0 Å². The minimum Gasteiger partial charge on any atom is -0.325 e. The number of hydrogen-bond acceptors (Lipinski definition) is 3. The second kappa shape index (κ2) is 5.14. The van der Waals surface area contributed by atoms with Crippen LogP contribution in [0.25, 0.3) is 0 Å². The molecule has 0 unspecified atom stereocenters. The summed E-state index contributed by atoms with van der Waals surface area (Å²) in [5.74, 6) is 0. The number of nitrogens with zero attached hydrogens (tertiary/aromatic N) is 4. The molecule has 0 aromatic carbocycles. The fourth-order valence-corrected chi connectivity index (χ4v) is 1.86. The highest BCUT2D eigenvalue weighted by molar-refractivity contribution is 5.11. The summed E-state index contributed by atoms with van der Waals surface area (Å²) >= 11 is 0. The van der Waals surface area contributed by atoms with Gasteiger partial charge in [-0.05, 0) is 25.5 Å². The summed E-state index contributed by atoms with van der Waals surface area (Å²) < 4.78 is 3.94. The molecule has 0 fully saturated rings. The minimum atomic E-state index is 0.486. The highest BCUT2D eigenvalue weighted by atomic mass is 15.3. The van der Waals surface area contributed by atoms with Gasteiger partial charge < -0.3 is 5.73 Å². The van der Waals surface area contributed by atoms with E-state index < -0.39 is 0 Å². The van der Waals surface area contributed by atoms with Crippen molar-refractivity contribution in [2.45, 2.75) is 39.9 Å². The highest BCUT2D eigenvalue weighted by Gasteiger charge is 2.07. The van der Waals surface area contributed by atoms with E-state index in [-0.39, 0.29) is 0 Å². The Morgan fingerprint density at radius 2 is 2.06 bits per heavy atom. The fraction of sp³-hybridized carbons (Fsp3) is 0.500. The fourth-order valence-electron chi connectivity index (χ4n) is 1.86. The molecule has 0 amide bonds. The predicted molar refractivity (Wildman–Crippen MR) is 66.5 cm³/mol. The third-order valence-corrected chi connectivity index (χ3v) is 2.80. The zero-order valence-corrected chi connectivity index (χ0v) is 10.4. The smallest absolute Gasteiger partial charge is 0.0828 e. The van der Waals surface area contributed by atoms with Crippen LogP contribution in [0.2, 0.25) is 0 Å². The second-order valence-electron chi connectivity index (χ2n) is 4.01.